The summed E-state index contributed by atoms with van der Waals surface area (Å²) < 4.78 is 1.80. The lowest BCUT2D eigenvalue weighted by molar-refractivity contribution is -0.129. The van der Waals surface area contributed by atoms with Crippen molar-refractivity contribution in [2.24, 2.45) is 0 Å². The van der Waals surface area contributed by atoms with Crippen molar-refractivity contribution in [1.29, 1.82) is 0 Å². The van der Waals surface area contributed by atoms with Gasteiger partial charge in [-0.1, -0.05) is 17.7 Å². The zero-order valence-corrected chi connectivity index (χ0v) is 14.3. The standard InChI is InChI=1S/C16H17ClN6O2/c1-10-4-6-11(7-5-10)19-14-13-15(21-16(17)20-14)23(9-18-13)8-2-3-12(24)22-25/h4-7,9,25H,2-3,8H2,1H3,(H,22,24)(H,19,20,21). The molecule has 3 N–H and O–H groups in total. The number of fused-ring (bicyclic) bond motifs is 1. The molecule has 0 fully saturated rings. The SMILES string of the molecule is Cc1ccc(Nc2nc(Cl)nc3c2ncn3CCCC(=O)NO)cc1. The summed E-state index contributed by atoms with van der Waals surface area (Å²) in [6.45, 7) is 2.53. The minimum absolute atomic E-state index is 0.108. The Labute approximate surface area is 148 Å². The summed E-state index contributed by atoms with van der Waals surface area (Å²) in [5.41, 5.74) is 4.82. The molecule has 0 atom stereocenters. The number of aromatic nitrogens is 4. The number of hydrogen-bond acceptors (Lipinski definition) is 6. The third-order valence-corrected chi connectivity index (χ3v) is 3.85. The molecule has 3 rings (SSSR count). The third-order valence-electron chi connectivity index (χ3n) is 3.68. The Morgan fingerprint density at radius 3 is 2.76 bits per heavy atom. The van der Waals surface area contributed by atoms with Crippen LogP contribution in [0.2, 0.25) is 5.28 Å². The molecule has 3 aromatic rings. The van der Waals surface area contributed by atoms with Crippen molar-refractivity contribution in [3.63, 3.8) is 0 Å². The average Bonchev–Trinajstić information content (AvgIpc) is 3.00. The summed E-state index contributed by atoms with van der Waals surface area (Å²) in [7, 11) is 0. The number of nitrogens with one attached hydrogen (secondary N) is 2. The highest BCUT2D eigenvalue weighted by atomic mass is 35.5. The Hall–Kier alpha value is -2.71. The van der Waals surface area contributed by atoms with E-state index in [1.807, 2.05) is 31.2 Å². The molecule has 1 aromatic carbocycles. The molecule has 0 spiro atoms. The molecule has 0 aliphatic heterocycles. The molecular weight excluding hydrogens is 344 g/mol. The number of halogens is 1. The van der Waals surface area contributed by atoms with E-state index >= 15 is 0 Å². The topological polar surface area (TPSA) is 105 Å². The maximum atomic E-state index is 11.1. The monoisotopic (exact) mass is 360 g/mol. The van der Waals surface area contributed by atoms with Gasteiger partial charge in [-0.25, -0.2) is 10.5 Å². The van der Waals surface area contributed by atoms with Gasteiger partial charge in [-0.2, -0.15) is 9.97 Å². The first kappa shape index (κ1) is 17.1. The van der Waals surface area contributed by atoms with Crippen molar-refractivity contribution in [3.8, 4) is 0 Å². The van der Waals surface area contributed by atoms with Gasteiger partial charge in [-0.15, -0.1) is 0 Å². The maximum Gasteiger partial charge on any atom is 0.243 e. The first-order valence-electron chi connectivity index (χ1n) is 7.72. The fourth-order valence-corrected chi connectivity index (χ4v) is 2.57. The first-order chi connectivity index (χ1) is 12.1. The highest BCUT2D eigenvalue weighted by Gasteiger charge is 2.13. The molecule has 0 unspecified atom stereocenters. The van der Waals surface area contributed by atoms with Crippen LogP contribution in [0.15, 0.2) is 30.6 Å². The highest BCUT2D eigenvalue weighted by molar-refractivity contribution is 6.28. The zero-order valence-electron chi connectivity index (χ0n) is 13.5. The van der Waals surface area contributed by atoms with E-state index < -0.39 is 5.91 Å². The van der Waals surface area contributed by atoms with Gasteiger partial charge < -0.3 is 9.88 Å². The Morgan fingerprint density at radius 1 is 1.28 bits per heavy atom. The van der Waals surface area contributed by atoms with Crippen molar-refractivity contribution < 1.29 is 10.0 Å². The van der Waals surface area contributed by atoms with Gasteiger partial charge in [-0.3, -0.25) is 10.0 Å². The number of rotatable bonds is 6. The molecule has 130 valence electrons. The van der Waals surface area contributed by atoms with E-state index in [1.54, 1.807) is 16.4 Å². The lowest BCUT2D eigenvalue weighted by Crippen LogP contribution is -2.18. The van der Waals surface area contributed by atoms with E-state index in [-0.39, 0.29) is 11.7 Å². The second kappa shape index (κ2) is 7.45. The van der Waals surface area contributed by atoms with Gasteiger partial charge in [0.1, 0.15) is 0 Å². The molecule has 2 aromatic heterocycles. The molecule has 0 saturated carbocycles. The third kappa shape index (κ3) is 4.04. The van der Waals surface area contributed by atoms with Crippen LogP contribution in [0, 0.1) is 6.92 Å². The molecule has 0 aliphatic rings. The predicted octanol–water partition coefficient (Wildman–Crippen LogP) is 2.82. The van der Waals surface area contributed by atoms with Gasteiger partial charge in [0.15, 0.2) is 17.0 Å². The van der Waals surface area contributed by atoms with Crippen LogP contribution in [-0.2, 0) is 11.3 Å². The second-order valence-corrected chi connectivity index (χ2v) is 5.92. The van der Waals surface area contributed by atoms with E-state index in [1.165, 1.54) is 0 Å². The Bertz CT molecular complexity index is 894. The van der Waals surface area contributed by atoms with Crippen molar-refractivity contribution >= 4 is 40.2 Å². The van der Waals surface area contributed by atoms with Crippen molar-refractivity contribution in [1.82, 2.24) is 25.0 Å². The number of nitrogens with zero attached hydrogens (tertiary/aromatic N) is 4. The minimum Gasteiger partial charge on any atom is -0.338 e. The number of anilines is 2. The molecular formula is C16H17ClN6O2. The summed E-state index contributed by atoms with van der Waals surface area (Å²) in [6.07, 6.45) is 2.36. The molecule has 8 nitrogen and oxygen atoms in total. The van der Waals surface area contributed by atoms with Gasteiger partial charge in [0.05, 0.1) is 6.33 Å². The quantitative estimate of drug-likeness (QED) is 0.354. The van der Waals surface area contributed by atoms with Crippen LogP contribution in [0.5, 0.6) is 0 Å². The van der Waals surface area contributed by atoms with Crippen LogP contribution in [-0.4, -0.2) is 30.6 Å². The number of imidazole rings is 1. The fraction of sp³-hybridized carbons (Fsp3) is 0.250. The number of hydrogen-bond donors (Lipinski definition) is 3. The van der Waals surface area contributed by atoms with E-state index in [9.17, 15) is 4.79 Å². The van der Waals surface area contributed by atoms with Gasteiger partial charge in [0.2, 0.25) is 11.2 Å². The summed E-state index contributed by atoms with van der Waals surface area (Å²) in [4.78, 5) is 23.9. The molecule has 0 aliphatic carbocycles. The van der Waals surface area contributed by atoms with E-state index in [2.05, 4.69) is 20.3 Å². The first-order valence-corrected chi connectivity index (χ1v) is 8.09. The number of amides is 1. The molecule has 1 amide bonds. The number of hydroxylamine groups is 1. The largest absolute Gasteiger partial charge is 0.338 e. The molecule has 2 heterocycles. The van der Waals surface area contributed by atoms with Crippen LogP contribution in [0.25, 0.3) is 11.2 Å². The fourth-order valence-electron chi connectivity index (χ4n) is 2.41. The minimum atomic E-state index is -0.432. The molecule has 9 heteroatoms. The van der Waals surface area contributed by atoms with Gasteiger partial charge in [0.25, 0.3) is 0 Å². The highest BCUT2D eigenvalue weighted by Crippen LogP contribution is 2.24. The van der Waals surface area contributed by atoms with Crippen molar-refractivity contribution in [3.05, 3.63) is 41.4 Å². The Kier molecular flexibility index (Phi) is 5.11. The summed E-state index contributed by atoms with van der Waals surface area (Å²) in [5, 5.41) is 11.8. The second-order valence-electron chi connectivity index (χ2n) is 5.58. The number of carbonyl (C=O) groups excluding carboxylic acids is 1. The van der Waals surface area contributed by atoms with Crippen LogP contribution in [0.4, 0.5) is 11.5 Å². The molecule has 0 saturated heterocycles. The summed E-state index contributed by atoms with van der Waals surface area (Å²) in [5.74, 6) is 0.0875. The predicted molar refractivity (Wildman–Crippen MR) is 94.0 cm³/mol. The van der Waals surface area contributed by atoms with Crippen LogP contribution in [0.3, 0.4) is 0 Å². The van der Waals surface area contributed by atoms with E-state index in [4.69, 9.17) is 16.8 Å². The van der Waals surface area contributed by atoms with Gasteiger partial charge in [-0.05, 0) is 37.1 Å². The Balaban J connectivity index is 1.85. The van der Waals surface area contributed by atoms with Crippen LogP contribution >= 0.6 is 11.6 Å². The molecule has 25 heavy (non-hydrogen) atoms. The van der Waals surface area contributed by atoms with Crippen LogP contribution < -0.4 is 10.8 Å². The van der Waals surface area contributed by atoms with Gasteiger partial charge >= 0.3 is 0 Å². The normalized spacial score (nSPS) is 10.8. The average molecular weight is 361 g/mol. The molecule has 0 bridgehead atoms. The van der Waals surface area contributed by atoms with Crippen molar-refractivity contribution in [2.45, 2.75) is 26.3 Å². The number of benzene rings is 1. The zero-order chi connectivity index (χ0) is 17.8. The number of aryl methyl sites for hydroxylation is 2. The lowest BCUT2D eigenvalue weighted by atomic mass is 10.2. The number of carbonyl (C=O) groups is 1. The van der Waals surface area contributed by atoms with Crippen LogP contribution in [0.1, 0.15) is 18.4 Å². The summed E-state index contributed by atoms with van der Waals surface area (Å²) in [6, 6.07) is 7.88. The summed E-state index contributed by atoms with van der Waals surface area (Å²) >= 11 is 6.05. The maximum absolute atomic E-state index is 11.1. The van der Waals surface area contributed by atoms with E-state index in [0.717, 1.165) is 11.3 Å². The molecule has 0 radical (unpaired) electrons. The lowest BCUT2D eigenvalue weighted by Gasteiger charge is -2.08. The van der Waals surface area contributed by atoms with E-state index in [0.29, 0.717) is 29.9 Å². The Morgan fingerprint density at radius 2 is 2.04 bits per heavy atom. The van der Waals surface area contributed by atoms with Crippen molar-refractivity contribution in [2.75, 3.05) is 5.32 Å². The van der Waals surface area contributed by atoms with Gasteiger partial charge in [0, 0.05) is 18.7 Å². The smallest absolute Gasteiger partial charge is 0.243 e.